The molecule has 1 aliphatic rings. The second kappa shape index (κ2) is 6.86. The van der Waals surface area contributed by atoms with Crippen molar-refractivity contribution in [3.63, 3.8) is 0 Å². The van der Waals surface area contributed by atoms with Crippen molar-refractivity contribution in [2.45, 2.75) is 45.2 Å². The minimum atomic E-state index is -0.0668. The van der Waals surface area contributed by atoms with Crippen molar-refractivity contribution in [1.29, 1.82) is 0 Å². The zero-order valence-corrected chi connectivity index (χ0v) is 10.6. The summed E-state index contributed by atoms with van der Waals surface area (Å²) in [6, 6.07) is 0.229. The first-order chi connectivity index (χ1) is 7.63. The van der Waals surface area contributed by atoms with Crippen molar-refractivity contribution >= 4 is 5.91 Å². The van der Waals surface area contributed by atoms with Crippen LogP contribution in [0.15, 0.2) is 0 Å². The van der Waals surface area contributed by atoms with E-state index in [1.54, 1.807) is 0 Å². The van der Waals surface area contributed by atoms with E-state index in [4.69, 9.17) is 4.74 Å². The maximum absolute atomic E-state index is 12.0. The molecular formula is C12H24N2O2. The Morgan fingerprint density at radius 2 is 2.00 bits per heavy atom. The quantitative estimate of drug-likeness (QED) is 0.735. The molecule has 2 N–H and O–H groups in total. The Hall–Kier alpha value is -0.610. The van der Waals surface area contributed by atoms with Crippen LogP contribution in [0.5, 0.6) is 0 Å². The Kier molecular flexibility index (Phi) is 5.77. The van der Waals surface area contributed by atoms with E-state index >= 15 is 0 Å². The van der Waals surface area contributed by atoms with Gasteiger partial charge in [0.15, 0.2) is 0 Å². The fraction of sp³-hybridized carbons (Fsp3) is 0.917. The third kappa shape index (κ3) is 4.49. The number of ether oxygens (including phenoxy) is 1. The highest BCUT2D eigenvalue weighted by molar-refractivity contribution is 5.82. The van der Waals surface area contributed by atoms with Gasteiger partial charge in [-0.2, -0.15) is 0 Å². The Bertz CT molecular complexity index is 213. The minimum absolute atomic E-state index is 0.0668. The summed E-state index contributed by atoms with van der Waals surface area (Å²) in [4.78, 5) is 12.0. The van der Waals surface area contributed by atoms with Crippen molar-refractivity contribution < 1.29 is 9.53 Å². The molecular weight excluding hydrogens is 204 g/mol. The van der Waals surface area contributed by atoms with E-state index in [2.05, 4.69) is 24.5 Å². The van der Waals surface area contributed by atoms with E-state index in [0.29, 0.717) is 12.0 Å². The number of likely N-dealkylation sites (N-methyl/N-ethyl adjacent to an activating group) is 1. The van der Waals surface area contributed by atoms with Gasteiger partial charge >= 0.3 is 0 Å². The molecule has 94 valence electrons. The van der Waals surface area contributed by atoms with Gasteiger partial charge in [-0.25, -0.2) is 0 Å². The molecule has 0 aliphatic carbocycles. The van der Waals surface area contributed by atoms with Gasteiger partial charge in [-0.3, -0.25) is 4.79 Å². The largest absolute Gasteiger partial charge is 0.381 e. The van der Waals surface area contributed by atoms with Crippen LogP contribution >= 0.6 is 0 Å². The van der Waals surface area contributed by atoms with Crippen LogP contribution < -0.4 is 10.6 Å². The van der Waals surface area contributed by atoms with Gasteiger partial charge in [0.25, 0.3) is 0 Å². The van der Waals surface area contributed by atoms with Gasteiger partial charge in [0.1, 0.15) is 0 Å². The predicted octanol–water partition coefficient (Wildman–Crippen LogP) is 0.916. The minimum Gasteiger partial charge on any atom is -0.381 e. The van der Waals surface area contributed by atoms with E-state index in [-0.39, 0.29) is 11.9 Å². The van der Waals surface area contributed by atoms with Crippen molar-refractivity contribution in [2.75, 3.05) is 20.3 Å². The molecule has 1 atom stereocenters. The first-order valence-electron chi connectivity index (χ1n) is 6.19. The van der Waals surface area contributed by atoms with E-state index in [1.165, 1.54) is 0 Å². The number of rotatable bonds is 5. The van der Waals surface area contributed by atoms with Crippen LogP contribution in [0.4, 0.5) is 0 Å². The average Bonchev–Trinajstić information content (AvgIpc) is 2.26. The molecule has 0 aromatic carbocycles. The Balaban J connectivity index is 2.35. The molecule has 1 saturated heterocycles. The molecule has 0 radical (unpaired) electrons. The van der Waals surface area contributed by atoms with Crippen LogP contribution in [0.25, 0.3) is 0 Å². The highest BCUT2D eigenvalue weighted by Gasteiger charge is 2.22. The molecule has 1 heterocycles. The summed E-state index contributed by atoms with van der Waals surface area (Å²) in [7, 11) is 1.84. The van der Waals surface area contributed by atoms with Crippen molar-refractivity contribution in [1.82, 2.24) is 10.6 Å². The summed E-state index contributed by atoms with van der Waals surface area (Å²) >= 11 is 0. The van der Waals surface area contributed by atoms with Crippen molar-refractivity contribution in [3.8, 4) is 0 Å². The fourth-order valence-electron chi connectivity index (χ4n) is 1.97. The van der Waals surface area contributed by atoms with Gasteiger partial charge < -0.3 is 15.4 Å². The number of hydrogen-bond acceptors (Lipinski definition) is 3. The summed E-state index contributed by atoms with van der Waals surface area (Å²) in [5.41, 5.74) is 0. The zero-order valence-electron chi connectivity index (χ0n) is 10.6. The third-order valence-electron chi connectivity index (χ3n) is 2.94. The summed E-state index contributed by atoms with van der Waals surface area (Å²) in [5.74, 6) is 0.654. The molecule has 1 amide bonds. The standard InChI is InChI=1S/C12H24N2O2/c1-9(2)8-11(13-3)12(15)14-10-4-6-16-7-5-10/h9-11,13H,4-8H2,1-3H3,(H,14,15)/t11-/m0/s1. The van der Waals surface area contributed by atoms with E-state index < -0.39 is 0 Å². The molecule has 4 nitrogen and oxygen atoms in total. The maximum atomic E-state index is 12.0. The van der Waals surface area contributed by atoms with Gasteiger partial charge in [0.05, 0.1) is 6.04 Å². The van der Waals surface area contributed by atoms with Gasteiger partial charge in [0.2, 0.25) is 5.91 Å². The lowest BCUT2D eigenvalue weighted by atomic mass is 10.0. The lowest BCUT2D eigenvalue weighted by Gasteiger charge is -2.26. The number of nitrogens with one attached hydrogen (secondary N) is 2. The first-order valence-corrected chi connectivity index (χ1v) is 6.19. The normalized spacial score (nSPS) is 19.8. The highest BCUT2D eigenvalue weighted by Crippen LogP contribution is 2.09. The topological polar surface area (TPSA) is 50.4 Å². The molecule has 1 rings (SSSR count). The zero-order chi connectivity index (χ0) is 12.0. The lowest BCUT2D eigenvalue weighted by Crippen LogP contribution is -2.48. The Morgan fingerprint density at radius 3 is 2.50 bits per heavy atom. The maximum Gasteiger partial charge on any atom is 0.237 e. The molecule has 0 bridgehead atoms. The predicted molar refractivity (Wildman–Crippen MR) is 64.3 cm³/mol. The lowest BCUT2D eigenvalue weighted by molar-refractivity contribution is -0.124. The van der Waals surface area contributed by atoms with Crippen molar-refractivity contribution in [3.05, 3.63) is 0 Å². The molecule has 16 heavy (non-hydrogen) atoms. The highest BCUT2D eigenvalue weighted by atomic mass is 16.5. The van der Waals surface area contributed by atoms with E-state index in [1.807, 2.05) is 7.05 Å². The van der Waals surface area contributed by atoms with Crippen LogP contribution in [-0.4, -0.2) is 38.3 Å². The monoisotopic (exact) mass is 228 g/mol. The SMILES string of the molecule is CN[C@@H](CC(C)C)C(=O)NC1CCOCC1. The van der Waals surface area contributed by atoms with Crippen LogP contribution in [0.3, 0.4) is 0 Å². The number of amides is 1. The van der Waals surface area contributed by atoms with Gasteiger partial charge in [0, 0.05) is 19.3 Å². The molecule has 0 unspecified atom stereocenters. The summed E-state index contributed by atoms with van der Waals surface area (Å²) in [5, 5.41) is 6.17. The van der Waals surface area contributed by atoms with Crippen molar-refractivity contribution in [2.24, 2.45) is 5.92 Å². The van der Waals surface area contributed by atoms with Crippen LogP contribution in [-0.2, 0) is 9.53 Å². The van der Waals surface area contributed by atoms with Crippen LogP contribution in [0.2, 0.25) is 0 Å². The van der Waals surface area contributed by atoms with E-state index in [9.17, 15) is 4.79 Å². The third-order valence-corrected chi connectivity index (χ3v) is 2.94. The van der Waals surface area contributed by atoms with E-state index in [0.717, 1.165) is 32.5 Å². The summed E-state index contributed by atoms with van der Waals surface area (Å²) < 4.78 is 5.27. The molecule has 0 spiro atoms. The average molecular weight is 228 g/mol. The smallest absolute Gasteiger partial charge is 0.237 e. The number of carbonyl (C=O) groups is 1. The molecule has 0 aromatic heterocycles. The summed E-state index contributed by atoms with van der Waals surface area (Å²) in [6.07, 6.45) is 2.75. The Labute approximate surface area is 98.1 Å². The van der Waals surface area contributed by atoms with Gasteiger partial charge in [-0.1, -0.05) is 13.8 Å². The number of hydrogen-bond donors (Lipinski definition) is 2. The molecule has 4 heteroatoms. The van der Waals surface area contributed by atoms with Gasteiger partial charge in [-0.15, -0.1) is 0 Å². The summed E-state index contributed by atoms with van der Waals surface area (Å²) in [6.45, 7) is 5.79. The second-order valence-electron chi connectivity index (χ2n) is 4.87. The second-order valence-corrected chi connectivity index (χ2v) is 4.87. The van der Waals surface area contributed by atoms with Crippen LogP contribution in [0, 0.1) is 5.92 Å². The van der Waals surface area contributed by atoms with Crippen LogP contribution in [0.1, 0.15) is 33.1 Å². The molecule has 0 aromatic rings. The van der Waals surface area contributed by atoms with Gasteiger partial charge in [-0.05, 0) is 32.2 Å². The molecule has 1 fully saturated rings. The molecule has 0 saturated carbocycles. The number of carbonyl (C=O) groups excluding carboxylic acids is 1. The fourth-order valence-corrected chi connectivity index (χ4v) is 1.97. The Morgan fingerprint density at radius 1 is 1.38 bits per heavy atom. The molecule has 1 aliphatic heterocycles. The first kappa shape index (κ1) is 13.5.